The van der Waals surface area contributed by atoms with E-state index >= 15 is 0 Å². The van der Waals surface area contributed by atoms with E-state index in [4.69, 9.17) is 14.6 Å². The molecule has 1 aromatic carbocycles. The maximum absolute atomic E-state index is 10.9. The van der Waals surface area contributed by atoms with Gasteiger partial charge >= 0.3 is 0 Å². The van der Waals surface area contributed by atoms with Crippen molar-refractivity contribution in [3.8, 4) is 5.75 Å². The first-order chi connectivity index (χ1) is 9.26. The van der Waals surface area contributed by atoms with Crippen molar-refractivity contribution in [2.24, 2.45) is 0 Å². The van der Waals surface area contributed by atoms with Crippen LogP contribution in [-0.4, -0.2) is 38.9 Å². The van der Waals surface area contributed by atoms with Crippen molar-refractivity contribution in [3.05, 3.63) is 29.8 Å². The molecule has 1 rings (SSSR count). The molecule has 0 aliphatic heterocycles. The fraction of sp³-hybridized carbons (Fsp3) is 0.500. The summed E-state index contributed by atoms with van der Waals surface area (Å²) in [6.45, 7) is 1.16. The molecule has 0 unspecified atom stereocenters. The minimum absolute atomic E-state index is 0.0537. The van der Waals surface area contributed by atoms with Crippen LogP contribution in [0.25, 0.3) is 0 Å². The summed E-state index contributed by atoms with van der Waals surface area (Å²) in [5, 5.41) is 9.58. The quantitative estimate of drug-likeness (QED) is 0.733. The Hall–Kier alpha value is -1.59. The molecule has 0 fully saturated rings. The van der Waals surface area contributed by atoms with E-state index in [1.165, 1.54) is 0 Å². The van der Waals surface area contributed by atoms with E-state index in [1.807, 2.05) is 24.3 Å². The number of hydrogen-bond donors (Lipinski definition) is 2. The standard InChI is InChI=1S/C13H19NO3.CH4O/c1-14-13(15)4-3-9-17-10-11-5-7-12(16-2)8-6-11;1-2/h5-8H,3-4,9-10H2,1-2H3,(H,14,15);2H,1H3. The fourth-order valence-corrected chi connectivity index (χ4v) is 1.37. The van der Waals surface area contributed by atoms with Gasteiger partial charge in [0, 0.05) is 27.2 Å². The molecule has 1 aromatic rings. The highest BCUT2D eigenvalue weighted by atomic mass is 16.5. The molecule has 0 saturated carbocycles. The summed E-state index contributed by atoms with van der Waals surface area (Å²) >= 11 is 0. The number of hydrogen-bond acceptors (Lipinski definition) is 4. The van der Waals surface area contributed by atoms with Gasteiger partial charge < -0.3 is 19.9 Å². The first kappa shape index (κ1) is 17.4. The summed E-state index contributed by atoms with van der Waals surface area (Å²) < 4.78 is 10.5. The Morgan fingerprint density at radius 3 is 2.42 bits per heavy atom. The lowest BCUT2D eigenvalue weighted by Gasteiger charge is -2.05. The molecule has 0 aliphatic carbocycles. The third-order valence-corrected chi connectivity index (χ3v) is 2.40. The molecule has 0 atom stereocenters. The fourth-order valence-electron chi connectivity index (χ4n) is 1.37. The number of carbonyl (C=O) groups is 1. The van der Waals surface area contributed by atoms with Crippen molar-refractivity contribution < 1.29 is 19.4 Å². The monoisotopic (exact) mass is 269 g/mol. The molecule has 0 saturated heterocycles. The molecule has 5 nitrogen and oxygen atoms in total. The van der Waals surface area contributed by atoms with Crippen molar-refractivity contribution in [2.45, 2.75) is 19.4 Å². The third-order valence-electron chi connectivity index (χ3n) is 2.40. The topological polar surface area (TPSA) is 67.8 Å². The van der Waals surface area contributed by atoms with E-state index in [-0.39, 0.29) is 5.91 Å². The number of methoxy groups -OCH3 is 1. The van der Waals surface area contributed by atoms with Crippen LogP contribution in [0.3, 0.4) is 0 Å². The summed E-state index contributed by atoms with van der Waals surface area (Å²) in [6, 6.07) is 7.75. The van der Waals surface area contributed by atoms with Gasteiger partial charge in [-0.2, -0.15) is 0 Å². The highest BCUT2D eigenvalue weighted by molar-refractivity contribution is 5.75. The highest BCUT2D eigenvalue weighted by Crippen LogP contribution is 2.11. The summed E-state index contributed by atoms with van der Waals surface area (Å²) in [4.78, 5) is 10.9. The lowest BCUT2D eigenvalue weighted by molar-refractivity contribution is -0.120. The Morgan fingerprint density at radius 2 is 1.89 bits per heavy atom. The largest absolute Gasteiger partial charge is 0.497 e. The smallest absolute Gasteiger partial charge is 0.219 e. The average Bonchev–Trinajstić information content (AvgIpc) is 2.49. The minimum Gasteiger partial charge on any atom is -0.497 e. The molecule has 5 heteroatoms. The molecule has 0 spiro atoms. The zero-order chi connectivity index (χ0) is 14.5. The number of aliphatic hydroxyl groups is 1. The Balaban J connectivity index is 0.00000154. The zero-order valence-electron chi connectivity index (χ0n) is 11.8. The molecule has 0 bridgehead atoms. The minimum atomic E-state index is 0.0537. The lowest BCUT2D eigenvalue weighted by atomic mass is 10.2. The van der Waals surface area contributed by atoms with Crippen LogP contribution in [0.1, 0.15) is 18.4 Å². The van der Waals surface area contributed by atoms with E-state index in [1.54, 1.807) is 14.2 Å². The average molecular weight is 269 g/mol. The van der Waals surface area contributed by atoms with Gasteiger partial charge in [0.2, 0.25) is 5.91 Å². The zero-order valence-corrected chi connectivity index (χ0v) is 11.8. The van der Waals surface area contributed by atoms with Crippen LogP contribution in [0.2, 0.25) is 0 Å². The van der Waals surface area contributed by atoms with Gasteiger partial charge in [0.1, 0.15) is 5.75 Å². The molecule has 0 aliphatic rings. The summed E-state index contributed by atoms with van der Waals surface area (Å²) in [5.74, 6) is 0.895. The van der Waals surface area contributed by atoms with Crippen molar-refractivity contribution >= 4 is 5.91 Å². The van der Waals surface area contributed by atoms with E-state index in [0.717, 1.165) is 24.8 Å². The number of rotatable bonds is 7. The molecule has 1 amide bonds. The van der Waals surface area contributed by atoms with Crippen LogP contribution < -0.4 is 10.1 Å². The van der Waals surface area contributed by atoms with Crippen LogP contribution in [0.5, 0.6) is 5.75 Å². The van der Waals surface area contributed by atoms with Gasteiger partial charge in [0.05, 0.1) is 13.7 Å². The summed E-state index contributed by atoms with van der Waals surface area (Å²) in [5.41, 5.74) is 1.10. The van der Waals surface area contributed by atoms with Crippen LogP contribution in [0, 0.1) is 0 Å². The van der Waals surface area contributed by atoms with Gasteiger partial charge in [-0.15, -0.1) is 0 Å². The van der Waals surface area contributed by atoms with Crippen molar-refractivity contribution in [2.75, 3.05) is 27.9 Å². The maximum Gasteiger partial charge on any atom is 0.219 e. The van der Waals surface area contributed by atoms with Gasteiger partial charge in [-0.3, -0.25) is 4.79 Å². The van der Waals surface area contributed by atoms with E-state index in [0.29, 0.717) is 19.6 Å². The number of nitrogens with one attached hydrogen (secondary N) is 1. The number of amides is 1. The Labute approximate surface area is 114 Å². The Bertz CT molecular complexity index is 338. The third kappa shape index (κ3) is 8.18. The van der Waals surface area contributed by atoms with Crippen molar-refractivity contribution in [1.29, 1.82) is 0 Å². The van der Waals surface area contributed by atoms with Gasteiger partial charge in [-0.25, -0.2) is 0 Å². The van der Waals surface area contributed by atoms with Gasteiger partial charge in [-0.05, 0) is 24.1 Å². The molecular weight excluding hydrogens is 246 g/mol. The predicted octanol–water partition coefficient (Wildman–Crippen LogP) is 1.35. The molecule has 0 heterocycles. The van der Waals surface area contributed by atoms with Crippen molar-refractivity contribution in [3.63, 3.8) is 0 Å². The number of carbonyl (C=O) groups excluding carboxylic acids is 1. The van der Waals surface area contributed by atoms with Crippen LogP contribution in [0.15, 0.2) is 24.3 Å². The summed E-state index contributed by atoms with van der Waals surface area (Å²) in [6.07, 6.45) is 1.26. The summed E-state index contributed by atoms with van der Waals surface area (Å²) in [7, 11) is 4.28. The van der Waals surface area contributed by atoms with Gasteiger partial charge in [-0.1, -0.05) is 12.1 Å². The Kier molecular flexibility index (Phi) is 10.5. The molecule has 108 valence electrons. The molecule has 19 heavy (non-hydrogen) atoms. The molecular formula is C14H23NO4. The first-order valence-corrected chi connectivity index (χ1v) is 6.12. The number of ether oxygens (including phenoxy) is 2. The first-order valence-electron chi connectivity index (χ1n) is 6.12. The van der Waals surface area contributed by atoms with Crippen LogP contribution in [-0.2, 0) is 16.1 Å². The Morgan fingerprint density at radius 1 is 1.26 bits per heavy atom. The lowest BCUT2D eigenvalue weighted by Crippen LogP contribution is -2.17. The normalized spacial score (nSPS) is 9.26. The van der Waals surface area contributed by atoms with Crippen LogP contribution in [0.4, 0.5) is 0 Å². The van der Waals surface area contributed by atoms with E-state index in [9.17, 15) is 4.79 Å². The van der Waals surface area contributed by atoms with Gasteiger partial charge in [0.25, 0.3) is 0 Å². The predicted molar refractivity (Wildman–Crippen MR) is 74.1 cm³/mol. The van der Waals surface area contributed by atoms with E-state index in [2.05, 4.69) is 5.32 Å². The second kappa shape index (κ2) is 11.5. The molecule has 0 radical (unpaired) electrons. The molecule has 2 N–H and O–H groups in total. The van der Waals surface area contributed by atoms with Crippen molar-refractivity contribution in [1.82, 2.24) is 5.32 Å². The number of benzene rings is 1. The van der Waals surface area contributed by atoms with Gasteiger partial charge in [0.15, 0.2) is 0 Å². The van der Waals surface area contributed by atoms with E-state index < -0.39 is 0 Å². The second-order valence-corrected chi connectivity index (χ2v) is 3.68. The second-order valence-electron chi connectivity index (χ2n) is 3.68. The highest BCUT2D eigenvalue weighted by Gasteiger charge is 1.98. The molecule has 0 aromatic heterocycles. The SMILES string of the molecule is CNC(=O)CCCOCc1ccc(OC)cc1.CO. The van der Waals surface area contributed by atoms with Crippen LogP contribution >= 0.6 is 0 Å². The number of aliphatic hydroxyl groups excluding tert-OH is 1. The maximum atomic E-state index is 10.9.